The third-order valence-electron chi connectivity index (χ3n) is 3.88. The van der Waals surface area contributed by atoms with Crippen molar-refractivity contribution >= 4 is 22.4 Å². The third kappa shape index (κ3) is 4.42. The normalized spacial score (nSPS) is 11.8. The molecule has 3 rings (SSSR count). The number of nitrogens with one attached hydrogen (secondary N) is 1. The number of carbonyl (C=O) groups excluding carboxylic acids is 1. The number of rotatable bonds is 6. The average molecular weight is 353 g/mol. The minimum absolute atomic E-state index is 0.0406. The van der Waals surface area contributed by atoms with Crippen molar-refractivity contribution in [2.24, 2.45) is 0 Å². The van der Waals surface area contributed by atoms with E-state index in [-0.39, 0.29) is 11.8 Å². The summed E-state index contributed by atoms with van der Waals surface area (Å²) in [5.74, 6) is 0.672. The van der Waals surface area contributed by atoms with Crippen LogP contribution < -0.4 is 10.1 Å². The lowest BCUT2D eigenvalue weighted by Crippen LogP contribution is -2.16. The van der Waals surface area contributed by atoms with Gasteiger partial charge in [-0.1, -0.05) is 53.8 Å². The molecule has 3 aromatic rings. The molecule has 0 aliphatic carbocycles. The summed E-state index contributed by atoms with van der Waals surface area (Å²) >= 11 is 1.37. The summed E-state index contributed by atoms with van der Waals surface area (Å²) in [6, 6.07) is 17.8. The first-order valence-electron chi connectivity index (χ1n) is 7.94. The molecule has 5 nitrogen and oxygen atoms in total. The predicted molar refractivity (Wildman–Crippen MR) is 99.2 cm³/mol. The maximum absolute atomic E-state index is 12.5. The molecule has 1 heterocycles. The fraction of sp³-hybridized carbons (Fsp3) is 0.211. The van der Waals surface area contributed by atoms with E-state index in [0.717, 1.165) is 21.9 Å². The van der Waals surface area contributed by atoms with Crippen LogP contribution in [0.5, 0.6) is 5.75 Å². The molecular formula is C19H19N3O2S. The maximum atomic E-state index is 12.5. The van der Waals surface area contributed by atoms with Crippen LogP contribution in [0.1, 0.15) is 28.5 Å². The van der Waals surface area contributed by atoms with Crippen LogP contribution in [0.15, 0.2) is 54.6 Å². The molecule has 128 valence electrons. The molecule has 1 amide bonds. The van der Waals surface area contributed by atoms with Crippen LogP contribution in [-0.2, 0) is 4.79 Å². The Morgan fingerprint density at radius 1 is 1.08 bits per heavy atom. The van der Waals surface area contributed by atoms with E-state index in [4.69, 9.17) is 4.74 Å². The molecule has 0 saturated heterocycles. The Morgan fingerprint density at radius 2 is 1.76 bits per heavy atom. The van der Waals surface area contributed by atoms with Crippen molar-refractivity contribution in [2.45, 2.75) is 19.3 Å². The zero-order valence-electron chi connectivity index (χ0n) is 14.1. The smallest absolute Gasteiger partial charge is 0.227 e. The van der Waals surface area contributed by atoms with Crippen molar-refractivity contribution < 1.29 is 9.53 Å². The Hall–Kier alpha value is -2.73. The number of hydrogen-bond donors (Lipinski definition) is 1. The molecule has 0 saturated carbocycles. The molecule has 6 heteroatoms. The van der Waals surface area contributed by atoms with Gasteiger partial charge in [0.15, 0.2) is 0 Å². The number of hydrogen-bond acceptors (Lipinski definition) is 5. The van der Waals surface area contributed by atoms with Gasteiger partial charge < -0.3 is 10.1 Å². The fourth-order valence-corrected chi connectivity index (χ4v) is 3.26. The van der Waals surface area contributed by atoms with E-state index in [1.165, 1.54) is 11.3 Å². The summed E-state index contributed by atoms with van der Waals surface area (Å²) in [5.41, 5.74) is 2.16. The molecule has 0 radical (unpaired) electrons. The van der Waals surface area contributed by atoms with E-state index < -0.39 is 0 Å². The van der Waals surface area contributed by atoms with E-state index in [1.54, 1.807) is 7.11 Å². The number of aryl methyl sites for hydroxylation is 1. The Morgan fingerprint density at radius 3 is 2.36 bits per heavy atom. The van der Waals surface area contributed by atoms with E-state index in [9.17, 15) is 4.79 Å². The summed E-state index contributed by atoms with van der Waals surface area (Å²) in [5, 5.41) is 12.1. The molecule has 0 unspecified atom stereocenters. The minimum Gasteiger partial charge on any atom is -0.497 e. The third-order valence-corrected chi connectivity index (χ3v) is 4.64. The van der Waals surface area contributed by atoms with E-state index in [0.29, 0.717) is 11.6 Å². The van der Waals surface area contributed by atoms with Gasteiger partial charge in [0.2, 0.25) is 11.0 Å². The van der Waals surface area contributed by atoms with Crippen molar-refractivity contribution in [2.75, 3.05) is 12.4 Å². The first-order valence-corrected chi connectivity index (χ1v) is 8.76. The Kier molecular flexibility index (Phi) is 5.40. The van der Waals surface area contributed by atoms with Crippen LogP contribution in [0.4, 0.5) is 5.13 Å². The van der Waals surface area contributed by atoms with Crippen LogP contribution in [-0.4, -0.2) is 23.2 Å². The number of nitrogens with zero attached hydrogens (tertiary/aromatic N) is 2. The molecule has 0 bridgehead atoms. The quantitative estimate of drug-likeness (QED) is 0.727. The van der Waals surface area contributed by atoms with Crippen molar-refractivity contribution in [3.63, 3.8) is 0 Å². The minimum atomic E-state index is -0.0826. The predicted octanol–water partition coefficient (Wildman–Crippen LogP) is 4.02. The topological polar surface area (TPSA) is 64.1 Å². The van der Waals surface area contributed by atoms with Gasteiger partial charge in [0.25, 0.3) is 0 Å². The van der Waals surface area contributed by atoms with Gasteiger partial charge in [0.1, 0.15) is 10.8 Å². The summed E-state index contributed by atoms with van der Waals surface area (Å²) in [6.45, 7) is 1.86. The molecule has 0 spiro atoms. The Balaban J connectivity index is 1.82. The highest BCUT2D eigenvalue weighted by Gasteiger charge is 2.19. The first kappa shape index (κ1) is 17.1. The first-order chi connectivity index (χ1) is 12.2. The summed E-state index contributed by atoms with van der Waals surface area (Å²) in [4.78, 5) is 12.5. The molecule has 1 atom stereocenters. The molecule has 0 aliphatic rings. The fourth-order valence-electron chi connectivity index (χ4n) is 2.65. The molecular weight excluding hydrogens is 334 g/mol. The molecule has 1 N–H and O–H groups in total. The number of ether oxygens (including phenoxy) is 1. The van der Waals surface area contributed by atoms with Crippen LogP contribution >= 0.6 is 11.3 Å². The SMILES string of the molecule is COc1ccc([C@@H](CC(=O)Nc2nnc(C)s2)c2ccccc2)cc1. The summed E-state index contributed by atoms with van der Waals surface area (Å²) in [6.07, 6.45) is 0.328. The summed E-state index contributed by atoms with van der Waals surface area (Å²) in [7, 11) is 1.64. The van der Waals surface area contributed by atoms with Gasteiger partial charge in [-0.2, -0.15) is 0 Å². The second-order valence-corrected chi connectivity index (χ2v) is 6.80. The number of benzene rings is 2. The van der Waals surface area contributed by atoms with Gasteiger partial charge in [-0.3, -0.25) is 4.79 Å². The van der Waals surface area contributed by atoms with Gasteiger partial charge in [0, 0.05) is 12.3 Å². The zero-order valence-corrected chi connectivity index (χ0v) is 14.9. The Labute approximate surface area is 150 Å². The van der Waals surface area contributed by atoms with Gasteiger partial charge in [-0.15, -0.1) is 10.2 Å². The van der Waals surface area contributed by atoms with Crippen LogP contribution in [0.3, 0.4) is 0 Å². The molecule has 0 aliphatic heterocycles. The van der Waals surface area contributed by atoms with E-state index in [1.807, 2.05) is 61.5 Å². The average Bonchev–Trinajstić information content (AvgIpc) is 3.05. The highest BCUT2D eigenvalue weighted by atomic mass is 32.1. The lowest BCUT2D eigenvalue weighted by Gasteiger charge is -2.18. The zero-order chi connectivity index (χ0) is 17.6. The highest BCUT2D eigenvalue weighted by Crippen LogP contribution is 2.30. The Bertz CT molecular complexity index is 831. The molecule has 25 heavy (non-hydrogen) atoms. The standard InChI is InChI=1S/C19H19N3O2S/c1-13-21-22-19(25-13)20-18(23)12-17(14-6-4-3-5-7-14)15-8-10-16(24-2)11-9-15/h3-11,17H,12H2,1-2H3,(H,20,22,23)/t17-/m0/s1. The van der Waals surface area contributed by atoms with E-state index >= 15 is 0 Å². The lowest BCUT2D eigenvalue weighted by molar-refractivity contribution is -0.116. The lowest BCUT2D eigenvalue weighted by atomic mass is 9.88. The van der Waals surface area contributed by atoms with Gasteiger partial charge >= 0.3 is 0 Å². The van der Waals surface area contributed by atoms with Gasteiger partial charge in [0.05, 0.1) is 7.11 Å². The summed E-state index contributed by atoms with van der Waals surface area (Å²) < 4.78 is 5.22. The van der Waals surface area contributed by atoms with Crippen LogP contribution in [0.25, 0.3) is 0 Å². The second-order valence-electron chi connectivity index (χ2n) is 5.61. The van der Waals surface area contributed by atoms with Gasteiger partial charge in [-0.05, 0) is 30.2 Å². The number of aromatic nitrogens is 2. The van der Waals surface area contributed by atoms with E-state index in [2.05, 4.69) is 15.5 Å². The van der Waals surface area contributed by atoms with Crippen molar-refractivity contribution in [3.8, 4) is 5.75 Å². The molecule has 1 aromatic heterocycles. The van der Waals surface area contributed by atoms with Crippen LogP contribution in [0, 0.1) is 6.92 Å². The molecule has 2 aromatic carbocycles. The second kappa shape index (κ2) is 7.90. The highest BCUT2D eigenvalue weighted by molar-refractivity contribution is 7.15. The number of anilines is 1. The van der Waals surface area contributed by atoms with Crippen molar-refractivity contribution in [3.05, 3.63) is 70.7 Å². The van der Waals surface area contributed by atoms with Crippen molar-refractivity contribution in [1.82, 2.24) is 10.2 Å². The maximum Gasteiger partial charge on any atom is 0.227 e. The number of carbonyl (C=O) groups is 1. The van der Waals surface area contributed by atoms with Crippen molar-refractivity contribution in [1.29, 1.82) is 0 Å². The number of methoxy groups -OCH3 is 1. The number of amides is 1. The largest absolute Gasteiger partial charge is 0.497 e. The molecule has 0 fully saturated rings. The monoisotopic (exact) mass is 353 g/mol. The van der Waals surface area contributed by atoms with Gasteiger partial charge in [-0.25, -0.2) is 0 Å². The van der Waals surface area contributed by atoms with Crippen LogP contribution in [0.2, 0.25) is 0 Å².